The Morgan fingerprint density at radius 2 is 2.11 bits per heavy atom. The smallest absolute Gasteiger partial charge is 0.225 e. The molecule has 2 saturated heterocycles. The van der Waals surface area contributed by atoms with Gasteiger partial charge in [0.05, 0.1) is 6.61 Å². The molecule has 1 aromatic rings. The molecule has 2 aliphatic heterocycles. The summed E-state index contributed by atoms with van der Waals surface area (Å²) < 4.78 is 5.58. The molecule has 3 rings (SSSR count). The van der Waals surface area contributed by atoms with Crippen molar-refractivity contribution in [2.45, 2.75) is 32.4 Å². The van der Waals surface area contributed by atoms with E-state index in [9.17, 15) is 4.79 Å². The fraction of sp³-hybridized carbons (Fsp3) is 0.562. The average molecular weight is 259 g/mol. The van der Waals surface area contributed by atoms with Crippen molar-refractivity contribution in [1.29, 1.82) is 0 Å². The second kappa shape index (κ2) is 5.33. The minimum absolute atomic E-state index is 0.131. The number of piperidine rings is 1. The van der Waals surface area contributed by atoms with Crippen LogP contribution in [0.2, 0.25) is 0 Å². The van der Waals surface area contributed by atoms with Gasteiger partial charge < -0.3 is 9.64 Å². The Balaban J connectivity index is 1.81. The van der Waals surface area contributed by atoms with E-state index in [0.29, 0.717) is 17.9 Å². The van der Waals surface area contributed by atoms with Gasteiger partial charge in [-0.1, -0.05) is 37.3 Å². The number of carbonyl (C=O) groups is 1. The van der Waals surface area contributed by atoms with Crippen LogP contribution in [0.15, 0.2) is 30.3 Å². The van der Waals surface area contributed by atoms with Crippen molar-refractivity contribution in [2.24, 2.45) is 11.8 Å². The first-order chi connectivity index (χ1) is 9.25. The molecule has 3 nitrogen and oxygen atoms in total. The number of fused-ring (bicyclic) bond motifs is 1. The Kier molecular flexibility index (Phi) is 3.56. The highest BCUT2D eigenvalue weighted by molar-refractivity contribution is 5.79. The lowest BCUT2D eigenvalue weighted by molar-refractivity contribution is -0.151. The first kappa shape index (κ1) is 12.7. The monoisotopic (exact) mass is 259 g/mol. The quantitative estimate of drug-likeness (QED) is 0.816. The van der Waals surface area contributed by atoms with Crippen molar-refractivity contribution < 1.29 is 9.53 Å². The van der Waals surface area contributed by atoms with Gasteiger partial charge in [-0.05, 0) is 18.4 Å². The molecule has 19 heavy (non-hydrogen) atoms. The molecule has 2 aliphatic rings. The van der Waals surface area contributed by atoms with Gasteiger partial charge in [0.2, 0.25) is 5.91 Å². The molecule has 1 aromatic carbocycles. The number of ether oxygens (including phenoxy) is 1. The Bertz CT molecular complexity index is 445. The van der Waals surface area contributed by atoms with E-state index in [1.165, 1.54) is 5.56 Å². The fourth-order valence-electron chi connectivity index (χ4n) is 3.40. The molecule has 0 radical (unpaired) electrons. The molecule has 0 N–H and O–H groups in total. The first-order valence-electron chi connectivity index (χ1n) is 7.18. The van der Waals surface area contributed by atoms with Crippen LogP contribution in [-0.2, 0) is 16.1 Å². The number of hydrogen-bond donors (Lipinski definition) is 0. The number of carbonyl (C=O) groups excluding carboxylic acids is 1. The summed E-state index contributed by atoms with van der Waals surface area (Å²) in [5.74, 6) is 0.962. The maximum Gasteiger partial charge on any atom is 0.225 e. The van der Waals surface area contributed by atoms with Crippen molar-refractivity contribution in [3.8, 4) is 0 Å². The minimum Gasteiger partial charge on any atom is -0.381 e. The summed E-state index contributed by atoms with van der Waals surface area (Å²) >= 11 is 0. The Labute approximate surface area is 114 Å². The fourth-order valence-corrected chi connectivity index (χ4v) is 3.40. The van der Waals surface area contributed by atoms with Gasteiger partial charge in [0, 0.05) is 31.0 Å². The highest BCUT2D eigenvalue weighted by Gasteiger charge is 2.41. The van der Waals surface area contributed by atoms with Crippen LogP contribution >= 0.6 is 0 Å². The zero-order valence-electron chi connectivity index (χ0n) is 11.4. The maximum atomic E-state index is 12.5. The van der Waals surface area contributed by atoms with Gasteiger partial charge >= 0.3 is 0 Å². The molecule has 102 valence electrons. The van der Waals surface area contributed by atoms with Gasteiger partial charge in [-0.15, -0.1) is 0 Å². The molecule has 2 heterocycles. The molecule has 0 aliphatic carbocycles. The summed E-state index contributed by atoms with van der Waals surface area (Å²) in [6.07, 6.45) is 1.96. The lowest BCUT2D eigenvalue weighted by atomic mass is 9.81. The van der Waals surface area contributed by atoms with Gasteiger partial charge in [0.15, 0.2) is 0 Å². The van der Waals surface area contributed by atoms with Crippen LogP contribution in [-0.4, -0.2) is 30.1 Å². The SMILES string of the molecule is CC1CC2COCCC2N(Cc2ccccc2)C1=O. The number of nitrogens with zero attached hydrogens (tertiary/aromatic N) is 1. The topological polar surface area (TPSA) is 29.5 Å². The molecule has 3 atom stereocenters. The van der Waals surface area contributed by atoms with E-state index in [4.69, 9.17) is 4.74 Å². The van der Waals surface area contributed by atoms with Crippen molar-refractivity contribution >= 4 is 5.91 Å². The minimum atomic E-state index is 0.131. The van der Waals surface area contributed by atoms with Crippen LogP contribution in [0, 0.1) is 11.8 Å². The molecule has 0 saturated carbocycles. The van der Waals surface area contributed by atoms with Gasteiger partial charge in [-0.2, -0.15) is 0 Å². The van der Waals surface area contributed by atoms with Crippen molar-refractivity contribution in [1.82, 2.24) is 4.90 Å². The highest BCUT2D eigenvalue weighted by atomic mass is 16.5. The van der Waals surface area contributed by atoms with Crippen molar-refractivity contribution in [2.75, 3.05) is 13.2 Å². The predicted molar refractivity (Wildman–Crippen MR) is 73.5 cm³/mol. The lowest BCUT2D eigenvalue weighted by Gasteiger charge is -2.46. The molecule has 3 heteroatoms. The molecule has 0 spiro atoms. The second-order valence-electron chi connectivity index (χ2n) is 5.78. The van der Waals surface area contributed by atoms with E-state index in [1.807, 2.05) is 25.1 Å². The van der Waals surface area contributed by atoms with E-state index >= 15 is 0 Å². The number of benzene rings is 1. The van der Waals surface area contributed by atoms with Crippen LogP contribution < -0.4 is 0 Å². The predicted octanol–water partition coefficient (Wildman–Crippen LogP) is 2.46. The van der Waals surface area contributed by atoms with Crippen LogP contribution in [0.1, 0.15) is 25.3 Å². The summed E-state index contributed by atoms with van der Waals surface area (Å²) in [6, 6.07) is 10.7. The first-order valence-corrected chi connectivity index (χ1v) is 7.18. The zero-order valence-corrected chi connectivity index (χ0v) is 11.4. The Morgan fingerprint density at radius 1 is 1.32 bits per heavy atom. The summed E-state index contributed by atoms with van der Waals surface area (Å²) in [6.45, 7) is 4.39. The molecular formula is C16H21NO2. The van der Waals surface area contributed by atoms with Crippen LogP contribution in [0.5, 0.6) is 0 Å². The largest absolute Gasteiger partial charge is 0.381 e. The van der Waals surface area contributed by atoms with Gasteiger partial charge in [-0.25, -0.2) is 0 Å². The Morgan fingerprint density at radius 3 is 2.89 bits per heavy atom. The van der Waals surface area contributed by atoms with E-state index in [0.717, 1.165) is 32.6 Å². The molecule has 1 amide bonds. The molecule has 0 aromatic heterocycles. The number of amides is 1. The number of rotatable bonds is 2. The summed E-state index contributed by atoms with van der Waals surface area (Å²) in [7, 11) is 0. The van der Waals surface area contributed by atoms with Crippen molar-refractivity contribution in [3.05, 3.63) is 35.9 Å². The number of likely N-dealkylation sites (tertiary alicyclic amines) is 1. The highest BCUT2D eigenvalue weighted by Crippen LogP contribution is 2.34. The summed E-state index contributed by atoms with van der Waals surface area (Å²) in [4.78, 5) is 14.6. The van der Waals surface area contributed by atoms with Gasteiger partial charge in [0.25, 0.3) is 0 Å². The van der Waals surface area contributed by atoms with Crippen LogP contribution in [0.4, 0.5) is 0 Å². The molecule has 2 fully saturated rings. The van der Waals surface area contributed by atoms with E-state index in [1.54, 1.807) is 0 Å². The maximum absolute atomic E-state index is 12.5. The number of hydrogen-bond acceptors (Lipinski definition) is 2. The summed E-state index contributed by atoms with van der Waals surface area (Å²) in [5.41, 5.74) is 1.22. The lowest BCUT2D eigenvalue weighted by Crippen LogP contribution is -2.54. The molecule has 0 bridgehead atoms. The normalized spacial score (nSPS) is 31.1. The third kappa shape index (κ3) is 2.52. The third-order valence-electron chi connectivity index (χ3n) is 4.39. The van der Waals surface area contributed by atoms with Gasteiger partial charge in [-0.3, -0.25) is 4.79 Å². The Hall–Kier alpha value is -1.35. The molecular weight excluding hydrogens is 238 g/mol. The van der Waals surface area contributed by atoms with Crippen LogP contribution in [0.3, 0.4) is 0 Å². The molecule has 3 unspecified atom stereocenters. The standard InChI is InChI=1S/C16H21NO2/c1-12-9-14-11-19-8-7-15(14)17(16(12)18)10-13-5-3-2-4-6-13/h2-6,12,14-15H,7-11H2,1H3. The zero-order chi connectivity index (χ0) is 13.2. The van der Waals surface area contributed by atoms with Crippen molar-refractivity contribution in [3.63, 3.8) is 0 Å². The second-order valence-corrected chi connectivity index (χ2v) is 5.78. The van der Waals surface area contributed by atoms with Gasteiger partial charge in [0.1, 0.15) is 0 Å². The van der Waals surface area contributed by atoms with Crippen LogP contribution in [0.25, 0.3) is 0 Å². The average Bonchev–Trinajstić information content (AvgIpc) is 2.45. The summed E-state index contributed by atoms with van der Waals surface area (Å²) in [5, 5.41) is 0. The van der Waals surface area contributed by atoms with E-state index < -0.39 is 0 Å². The van der Waals surface area contributed by atoms with E-state index in [-0.39, 0.29) is 5.92 Å². The third-order valence-corrected chi connectivity index (χ3v) is 4.39. The van der Waals surface area contributed by atoms with E-state index in [2.05, 4.69) is 17.0 Å².